The third-order valence-corrected chi connectivity index (χ3v) is 4.44. The highest BCUT2D eigenvalue weighted by molar-refractivity contribution is 5.87. The molecule has 6 heteroatoms. The van der Waals surface area contributed by atoms with Crippen LogP contribution in [0.1, 0.15) is 18.4 Å². The molecule has 0 saturated carbocycles. The minimum absolute atomic E-state index is 0.289. The maximum atomic E-state index is 11.0. The molecule has 1 saturated heterocycles. The number of allylic oxidation sites excluding steroid dienone is 3. The van der Waals surface area contributed by atoms with Crippen LogP contribution in [-0.4, -0.2) is 50.8 Å². The number of aldehydes is 1. The number of rotatable bonds is 8. The number of piperidine rings is 1. The highest BCUT2D eigenvalue weighted by Crippen LogP contribution is 2.30. The van der Waals surface area contributed by atoms with Crippen molar-refractivity contribution in [2.75, 3.05) is 27.3 Å². The van der Waals surface area contributed by atoms with Gasteiger partial charge in [-0.3, -0.25) is 9.79 Å². The third-order valence-electron chi connectivity index (χ3n) is 4.44. The minimum Gasteiger partial charge on any atom is -0.493 e. The van der Waals surface area contributed by atoms with Crippen LogP contribution in [0.5, 0.6) is 11.5 Å². The van der Waals surface area contributed by atoms with Crippen molar-refractivity contribution in [2.45, 2.75) is 18.9 Å². The second-order valence-corrected chi connectivity index (χ2v) is 6.21. The van der Waals surface area contributed by atoms with Crippen LogP contribution in [0.4, 0.5) is 0 Å². The quantitative estimate of drug-likeness (QED) is 0.330. The van der Waals surface area contributed by atoms with Crippen LogP contribution in [0.25, 0.3) is 5.70 Å². The molecule has 27 heavy (non-hydrogen) atoms. The van der Waals surface area contributed by atoms with Gasteiger partial charge in [0.2, 0.25) is 0 Å². The van der Waals surface area contributed by atoms with Crippen LogP contribution in [0.15, 0.2) is 53.7 Å². The number of carbonyl (C=O) groups excluding carboxylic acids is 1. The summed E-state index contributed by atoms with van der Waals surface area (Å²) >= 11 is 0. The summed E-state index contributed by atoms with van der Waals surface area (Å²) in [6.07, 6.45) is 9.45. The molecule has 6 nitrogen and oxygen atoms in total. The zero-order chi connectivity index (χ0) is 19.6. The van der Waals surface area contributed by atoms with Gasteiger partial charge in [0.05, 0.1) is 19.9 Å². The molecule has 0 unspecified atom stereocenters. The molecule has 0 bridgehead atoms. The molecule has 2 rings (SSSR count). The van der Waals surface area contributed by atoms with Crippen LogP contribution < -0.4 is 15.2 Å². The summed E-state index contributed by atoms with van der Waals surface area (Å²) in [5.41, 5.74) is 8.15. The molecule has 1 aliphatic heterocycles. The number of aliphatic imine (C=N–C) groups is 1. The zero-order valence-corrected chi connectivity index (χ0v) is 15.9. The van der Waals surface area contributed by atoms with E-state index in [-0.39, 0.29) is 6.04 Å². The highest BCUT2D eigenvalue weighted by Gasteiger charge is 2.15. The summed E-state index contributed by atoms with van der Waals surface area (Å²) in [6, 6.07) is 5.68. The lowest BCUT2D eigenvalue weighted by Crippen LogP contribution is -2.38. The molecule has 144 valence electrons. The van der Waals surface area contributed by atoms with Crippen LogP contribution >= 0.6 is 0 Å². The van der Waals surface area contributed by atoms with E-state index in [2.05, 4.69) is 16.5 Å². The summed E-state index contributed by atoms with van der Waals surface area (Å²) in [5.74, 6) is 1.20. The van der Waals surface area contributed by atoms with Crippen molar-refractivity contribution in [1.29, 1.82) is 0 Å². The summed E-state index contributed by atoms with van der Waals surface area (Å²) in [6.45, 7) is 5.93. The molecule has 0 aliphatic carbocycles. The van der Waals surface area contributed by atoms with Crippen LogP contribution in [0.3, 0.4) is 0 Å². The van der Waals surface area contributed by atoms with Gasteiger partial charge in [0.1, 0.15) is 6.29 Å². The standard InChI is InChI=1S/C21H27N3O3/c1-16(24-12-8-18(22)9-13-24)5-4-11-23-19(10-14-25)17-6-7-20(26-2)21(15-17)27-3/h4-7,10-11,14-15,18H,1,8-9,12-13,22H2,2-3H3/b5-4-,19-10-,23-11+. The van der Waals surface area contributed by atoms with Crippen molar-refractivity contribution in [2.24, 2.45) is 10.7 Å². The van der Waals surface area contributed by atoms with Gasteiger partial charge < -0.3 is 20.1 Å². The van der Waals surface area contributed by atoms with Crippen LogP contribution in [0, 0.1) is 0 Å². The Morgan fingerprint density at radius 3 is 2.59 bits per heavy atom. The molecule has 1 aromatic carbocycles. The molecule has 0 amide bonds. The lowest BCUT2D eigenvalue weighted by molar-refractivity contribution is -0.104. The Balaban J connectivity index is 2.06. The first-order valence-corrected chi connectivity index (χ1v) is 8.87. The maximum absolute atomic E-state index is 11.0. The molecule has 2 N–H and O–H groups in total. The van der Waals surface area contributed by atoms with E-state index in [1.165, 1.54) is 6.08 Å². The normalized spacial score (nSPS) is 16.1. The van der Waals surface area contributed by atoms with Gasteiger partial charge in [-0.05, 0) is 43.2 Å². The average molecular weight is 369 g/mol. The Labute approximate surface area is 160 Å². The Morgan fingerprint density at radius 2 is 1.96 bits per heavy atom. The highest BCUT2D eigenvalue weighted by atomic mass is 16.5. The third kappa shape index (κ3) is 5.82. The Hall–Kier alpha value is -2.86. The fourth-order valence-corrected chi connectivity index (χ4v) is 2.84. The first-order chi connectivity index (χ1) is 13.1. The number of carbonyl (C=O) groups is 1. The van der Waals surface area contributed by atoms with Crippen LogP contribution in [0.2, 0.25) is 0 Å². The van der Waals surface area contributed by atoms with E-state index in [0.717, 1.165) is 37.2 Å². The van der Waals surface area contributed by atoms with Crippen molar-refractivity contribution in [3.8, 4) is 11.5 Å². The number of likely N-dealkylation sites (tertiary alicyclic amines) is 1. The minimum atomic E-state index is 0.289. The molecule has 1 aromatic rings. The molecule has 1 heterocycles. The Kier molecular flexibility index (Phi) is 7.82. The summed E-state index contributed by atoms with van der Waals surface area (Å²) < 4.78 is 10.5. The number of benzene rings is 1. The van der Waals surface area contributed by atoms with Crippen molar-refractivity contribution in [3.63, 3.8) is 0 Å². The molecule has 0 radical (unpaired) electrons. The van der Waals surface area contributed by atoms with E-state index in [9.17, 15) is 4.79 Å². The number of hydrogen-bond donors (Lipinski definition) is 1. The van der Waals surface area contributed by atoms with Gasteiger partial charge in [0.15, 0.2) is 11.5 Å². The largest absolute Gasteiger partial charge is 0.493 e. The van der Waals surface area contributed by atoms with Gasteiger partial charge in [-0.2, -0.15) is 0 Å². The van der Waals surface area contributed by atoms with E-state index in [1.807, 2.05) is 18.2 Å². The first-order valence-electron chi connectivity index (χ1n) is 8.87. The van der Waals surface area contributed by atoms with Gasteiger partial charge in [0, 0.05) is 42.7 Å². The van der Waals surface area contributed by atoms with Crippen molar-refractivity contribution in [1.82, 2.24) is 4.90 Å². The molecule has 1 aliphatic rings. The number of ether oxygens (including phenoxy) is 2. The maximum Gasteiger partial charge on any atom is 0.161 e. The van der Waals surface area contributed by atoms with Gasteiger partial charge in [-0.1, -0.05) is 6.58 Å². The molecular weight excluding hydrogens is 342 g/mol. The second kappa shape index (κ2) is 10.3. The molecule has 1 fully saturated rings. The van der Waals surface area contributed by atoms with E-state index in [0.29, 0.717) is 23.5 Å². The van der Waals surface area contributed by atoms with Gasteiger partial charge in [-0.25, -0.2) is 0 Å². The molecule has 0 spiro atoms. The average Bonchev–Trinajstić information content (AvgIpc) is 2.70. The topological polar surface area (TPSA) is 77.2 Å². The molecular formula is C21H27N3O3. The molecule has 0 atom stereocenters. The van der Waals surface area contributed by atoms with Crippen molar-refractivity contribution < 1.29 is 14.3 Å². The van der Waals surface area contributed by atoms with Crippen molar-refractivity contribution >= 4 is 18.2 Å². The predicted octanol–water partition coefficient (Wildman–Crippen LogP) is 2.81. The van der Waals surface area contributed by atoms with Gasteiger partial charge in [-0.15, -0.1) is 0 Å². The fourth-order valence-electron chi connectivity index (χ4n) is 2.84. The zero-order valence-electron chi connectivity index (χ0n) is 15.9. The second-order valence-electron chi connectivity index (χ2n) is 6.21. The smallest absolute Gasteiger partial charge is 0.161 e. The Bertz CT molecular complexity index is 745. The number of hydrogen-bond acceptors (Lipinski definition) is 6. The van der Waals surface area contributed by atoms with E-state index in [4.69, 9.17) is 15.2 Å². The van der Waals surface area contributed by atoms with E-state index < -0.39 is 0 Å². The van der Waals surface area contributed by atoms with Gasteiger partial charge in [0.25, 0.3) is 0 Å². The van der Waals surface area contributed by atoms with E-state index in [1.54, 1.807) is 32.6 Å². The number of nitrogens with zero attached hydrogens (tertiary/aromatic N) is 2. The number of nitrogens with two attached hydrogens (primary N) is 1. The monoisotopic (exact) mass is 369 g/mol. The molecule has 0 aromatic heterocycles. The lowest BCUT2D eigenvalue weighted by Gasteiger charge is -2.32. The van der Waals surface area contributed by atoms with E-state index >= 15 is 0 Å². The number of methoxy groups -OCH3 is 2. The van der Waals surface area contributed by atoms with Crippen LogP contribution in [-0.2, 0) is 4.79 Å². The summed E-state index contributed by atoms with van der Waals surface area (Å²) in [4.78, 5) is 17.6. The Morgan fingerprint density at radius 1 is 1.26 bits per heavy atom. The first kappa shape index (κ1) is 20.5. The predicted molar refractivity (Wildman–Crippen MR) is 109 cm³/mol. The van der Waals surface area contributed by atoms with Crippen molar-refractivity contribution in [3.05, 3.63) is 54.3 Å². The lowest BCUT2D eigenvalue weighted by atomic mass is 10.1. The summed E-state index contributed by atoms with van der Waals surface area (Å²) in [5, 5.41) is 0. The SMILES string of the molecule is C=C(\C=C/C=N/C(=C\C=O)c1ccc(OC)c(OC)c1)N1CCC(N)CC1. The fraction of sp³-hybridized carbons (Fsp3) is 0.333. The van der Waals surface area contributed by atoms with Gasteiger partial charge >= 0.3 is 0 Å². The summed E-state index contributed by atoms with van der Waals surface area (Å²) in [7, 11) is 3.14.